The molecule has 4 rings (SSSR count). The maximum atomic E-state index is 14.0. The first-order valence-corrected chi connectivity index (χ1v) is 21.0. The molecule has 0 radical (unpaired) electrons. The van der Waals surface area contributed by atoms with Crippen molar-refractivity contribution < 1.29 is 28.8 Å². The summed E-state index contributed by atoms with van der Waals surface area (Å²) >= 11 is 0. The third-order valence-corrected chi connectivity index (χ3v) is 12.2. The molecule has 0 aromatic heterocycles. The molecule has 0 unspecified atom stereocenters. The number of Topliss-reactive ketones (excluding diaryl/α,β-unsaturated/α-hetero) is 3. The Morgan fingerprint density at radius 3 is 2.02 bits per heavy atom. The highest BCUT2D eigenvalue weighted by Crippen LogP contribution is 2.36. The van der Waals surface area contributed by atoms with E-state index in [0.29, 0.717) is 45.2 Å². The van der Waals surface area contributed by atoms with Crippen molar-refractivity contribution in [3.63, 3.8) is 0 Å². The van der Waals surface area contributed by atoms with Crippen LogP contribution in [0.15, 0.2) is 24.3 Å². The van der Waals surface area contributed by atoms with E-state index in [9.17, 15) is 28.8 Å². The molecule has 2 saturated heterocycles. The molecule has 1 aromatic carbocycles. The lowest BCUT2D eigenvalue weighted by atomic mass is 9.76. The van der Waals surface area contributed by atoms with E-state index in [1.165, 1.54) is 11.1 Å². The van der Waals surface area contributed by atoms with Gasteiger partial charge >= 0.3 is 0 Å². The number of likely N-dealkylation sites (N-methyl/N-ethyl adjacent to an activating group) is 2. The van der Waals surface area contributed by atoms with Gasteiger partial charge in [0, 0.05) is 57.7 Å². The number of likely N-dealkylation sites (tertiary alicyclic amines) is 2. The third kappa shape index (κ3) is 14.2. The molecule has 1 aliphatic carbocycles. The van der Waals surface area contributed by atoms with Crippen LogP contribution < -0.4 is 16.0 Å². The van der Waals surface area contributed by atoms with Crippen molar-refractivity contribution in [2.45, 2.75) is 142 Å². The average molecular weight is 857 g/mol. The maximum Gasteiger partial charge on any atom is 0.242 e. The van der Waals surface area contributed by atoms with Gasteiger partial charge < -0.3 is 25.8 Å². The van der Waals surface area contributed by atoms with E-state index in [1.807, 2.05) is 32.9 Å². The summed E-state index contributed by atoms with van der Waals surface area (Å²) in [6.45, 7) is 10.6. The summed E-state index contributed by atoms with van der Waals surface area (Å²) in [5.74, 6) is 9.88. The Kier molecular flexibility index (Phi) is 21.3. The molecule has 2 aliphatic heterocycles. The molecule has 3 aliphatic rings. The monoisotopic (exact) mass is 855 g/mol. The lowest BCUT2D eigenvalue weighted by molar-refractivity contribution is -0.146. The Bertz CT molecular complexity index is 1760. The largest absolute Gasteiger partial charge is 0.353 e. The molecule has 2 heterocycles. The van der Waals surface area contributed by atoms with Crippen molar-refractivity contribution in [1.82, 2.24) is 25.8 Å². The van der Waals surface area contributed by atoms with Gasteiger partial charge in [0.1, 0.15) is 17.6 Å². The van der Waals surface area contributed by atoms with Gasteiger partial charge in [-0.25, -0.2) is 0 Å². The molecule has 3 N–H and O–H groups in total. The smallest absolute Gasteiger partial charge is 0.242 e. The molecule has 13 heteroatoms. The minimum Gasteiger partial charge on any atom is -0.353 e. The van der Waals surface area contributed by atoms with E-state index in [-0.39, 0.29) is 97.7 Å². The zero-order chi connectivity index (χ0) is 41.7. The summed E-state index contributed by atoms with van der Waals surface area (Å²) in [5.41, 5.74) is 2.11. The molecule has 59 heavy (non-hydrogen) atoms. The quantitative estimate of drug-likeness (QED) is 0.143. The zero-order valence-electron chi connectivity index (χ0n) is 36.1. The summed E-state index contributed by atoms with van der Waals surface area (Å²) in [7, 11) is 3.43. The van der Waals surface area contributed by atoms with Crippen molar-refractivity contribution in [3.05, 3.63) is 35.4 Å². The predicted molar refractivity (Wildman–Crippen MR) is 236 cm³/mol. The number of benzene rings is 1. The number of nitrogens with zero attached hydrogens (tertiary/aromatic N) is 2. The van der Waals surface area contributed by atoms with Gasteiger partial charge in [-0.15, -0.1) is 24.8 Å². The fraction of sp³-hybridized carbons (Fsp3) is 0.652. The second-order valence-corrected chi connectivity index (χ2v) is 17.2. The molecule has 11 nitrogen and oxygen atoms in total. The molecule has 326 valence electrons. The van der Waals surface area contributed by atoms with Crippen LogP contribution in [-0.2, 0) is 35.2 Å². The molecule has 2 fully saturated rings. The molecule has 3 amide bonds. The van der Waals surface area contributed by atoms with Crippen LogP contribution in [0.3, 0.4) is 0 Å². The van der Waals surface area contributed by atoms with Gasteiger partial charge in [0.15, 0.2) is 5.78 Å². The summed E-state index contributed by atoms with van der Waals surface area (Å²) in [6, 6.07) is 6.49. The molecule has 7 atom stereocenters. The van der Waals surface area contributed by atoms with Gasteiger partial charge in [-0.2, -0.15) is 0 Å². The first-order valence-electron chi connectivity index (χ1n) is 21.0. The van der Waals surface area contributed by atoms with Crippen molar-refractivity contribution >= 4 is 59.9 Å². The number of hydrogen-bond donors (Lipinski definition) is 3. The Labute approximate surface area is 364 Å². The number of hydrogen-bond acceptors (Lipinski definition) is 8. The molecule has 0 bridgehead atoms. The first kappa shape index (κ1) is 51.4. The number of halogens is 2. The fourth-order valence-electron chi connectivity index (χ4n) is 8.37. The van der Waals surface area contributed by atoms with Gasteiger partial charge in [0.25, 0.3) is 0 Å². The maximum absolute atomic E-state index is 14.0. The van der Waals surface area contributed by atoms with Crippen LogP contribution in [0.25, 0.3) is 0 Å². The summed E-state index contributed by atoms with van der Waals surface area (Å²) in [6.07, 6.45) is 6.71. The minimum atomic E-state index is -0.689. The second-order valence-electron chi connectivity index (χ2n) is 17.2. The van der Waals surface area contributed by atoms with Crippen molar-refractivity contribution in [2.75, 3.05) is 33.7 Å². The van der Waals surface area contributed by atoms with Crippen LogP contribution in [0.1, 0.15) is 122 Å². The Morgan fingerprint density at radius 2 is 1.37 bits per heavy atom. The number of fused-ring (bicyclic) bond motifs is 1. The summed E-state index contributed by atoms with van der Waals surface area (Å²) in [5, 5.41) is 8.82. The number of carbonyl (C=O) groups excluding carboxylic acids is 6. The number of aryl methyl sites for hydroxylation is 1. The van der Waals surface area contributed by atoms with Crippen LogP contribution in [0.2, 0.25) is 0 Å². The number of carbonyl (C=O) groups is 6. The predicted octanol–water partition coefficient (Wildman–Crippen LogP) is 5.21. The molecule has 1 aromatic rings. The fourth-order valence-corrected chi connectivity index (χ4v) is 8.37. The van der Waals surface area contributed by atoms with Gasteiger partial charge in [0.05, 0.1) is 24.0 Å². The van der Waals surface area contributed by atoms with Gasteiger partial charge in [-0.1, -0.05) is 56.9 Å². The standard InChI is InChI=1S/C46H65N5O6.2ClH/c1-31(47-6)40(52)29-35(44(56)50-26-16-23-38(50)42(54)28-34-21-15-20-33-18-12-13-22-36(33)34)19-11-9-8-10-14-25-49-43(55)39-24-17-27-51(39)45(57)37(46(3,4)5)30-41(53)32(2)48-7;;/h12-13,18,22,31-32,34-35,37-39,47-48H,14-17,19-21,23-30H2,1-7H3,(H,49,55);2*1H/t31-,32-,34-,35+,37+,38-,39-;;/m0../s1. The van der Waals surface area contributed by atoms with Crippen molar-refractivity contribution in [3.8, 4) is 23.7 Å². The van der Waals surface area contributed by atoms with Crippen molar-refractivity contribution in [2.24, 2.45) is 17.3 Å². The first-order chi connectivity index (χ1) is 27.2. The van der Waals surface area contributed by atoms with Crippen LogP contribution in [-0.4, -0.2) is 103 Å². The summed E-state index contributed by atoms with van der Waals surface area (Å²) in [4.78, 5) is 83.8. The number of nitrogens with one attached hydrogen (secondary N) is 3. The lowest BCUT2D eigenvalue weighted by Crippen LogP contribution is -2.50. The van der Waals surface area contributed by atoms with Gasteiger partial charge in [0.2, 0.25) is 17.7 Å². The SMILES string of the molecule is CN[C@@H](C)C(=O)C[C@@H](CC#CC#CCCNC(=O)[C@@H]1CCCN1C(=O)[C@@H](CC(=O)[C@H](C)NC)C(C)(C)C)C(=O)N1CCC[C@H]1C(=O)C[C@@H]1CCCc2ccccc21.Cl.Cl. The normalized spacial score (nSPS) is 20.4. The van der Waals surface area contributed by atoms with Crippen LogP contribution in [0.4, 0.5) is 0 Å². The highest BCUT2D eigenvalue weighted by Gasteiger charge is 2.42. The molecule has 0 spiro atoms. The molecular formula is C46H67Cl2N5O6. The van der Waals surface area contributed by atoms with Crippen molar-refractivity contribution in [1.29, 1.82) is 0 Å². The molecular weight excluding hydrogens is 789 g/mol. The second kappa shape index (κ2) is 24.5. The van der Waals surface area contributed by atoms with Gasteiger partial charge in [-0.3, -0.25) is 28.8 Å². The minimum absolute atomic E-state index is 0. The Balaban J connectivity index is 0.00000600. The van der Waals surface area contributed by atoms with E-state index < -0.39 is 35.4 Å². The third-order valence-electron chi connectivity index (χ3n) is 12.2. The Morgan fingerprint density at radius 1 is 0.780 bits per heavy atom. The number of amides is 3. The van der Waals surface area contributed by atoms with E-state index in [0.717, 1.165) is 25.7 Å². The zero-order valence-corrected chi connectivity index (χ0v) is 37.8. The topological polar surface area (TPSA) is 145 Å². The van der Waals surface area contributed by atoms with E-state index in [1.54, 1.807) is 37.7 Å². The highest BCUT2D eigenvalue weighted by molar-refractivity contribution is 5.94. The van der Waals surface area contributed by atoms with E-state index in [2.05, 4.69) is 51.8 Å². The summed E-state index contributed by atoms with van der Waals surface area (Å²) < 4.78 is 0. The molecule has 0 saturated carbocycles. The number of ketones is 3. The van der Waals surface area contributed by atoms with Gasteiger partial charge in [-0.05, 0) is 107 Å². The Hall–Kier alpha value is -3.74. The number of rotatable bonds is 17. The van der Waals surface area contributed by atoms with E-state index in [4.69, 9.17) is 0 Å². The van der Waals surface area contributed by atoms with Crippen LogP contribution in [0.5, 0.6) is 0 Å². The van der Waals surface area contributed by atoms with Crippen LogP contribution in [0, 0.1) is 40.9 Å². The average Bonchev–Trinajstić information content (AvgIpc) is 3.90. The highest BCUT2D eigenvalue weighted by atomic mass is 35.5. The lowest BCUT2D eigenvalue weighted by Gasteiger charge is -2.35. The van der Waals surface area contributed by atoms with Crippen LogP contribution >= 0.6 is 24.8 Å². The van der Waals surface area contributed by atoms with E-state index >= 15 is 0 Å².